The molecule has 0 saturated carbocycles. The normalized spacial score (nSPS) is 13.7. The topological polar surface area (TPSA) is 41.6 Å². The lowest BCUT2D eigenvalue weighted by atomic mass is 10.2. The molecule has 4 heteroatoms. The fourth-order valence-corrected chi connectivity index (χ4v) is 1.26. The Morgan fingerprint density at radius 1 is 1.38 bits per heavy atom. The van der Waals surface area contributed by atoms with Crippen LogP contribution in [0.5, 0.6) is 0 Å². The van der Waals surface area contributed by atoms with Crippen LogP contribution in [0.2, 0.25) is 0 Å². The molecule has 0 aromatic heterocycles. The van der Waals surface area contributed by atoms with E-state index in [2.05, 4.69) is 24.1 Å². The Morgan fingerprint density at radius 2 is 1.94 bits per heavy atom. The molecule has 0 spiro atoms. The van der Waals surface area contributed by atoms with Crippen molar-refractivity contribution in [1.82, 2.24) is 10.2 Å². The third-order valence-corrected chi connectivity index (χ3v) is 2.29. The lowest BCUT2D eigenvalue weighted by molar-refractivity contribution is 0.0493. The maximum atomic E-state index is 11.5. The molecule has 0 heterocycles. The highest BCUT2D eigenvalue weighted by atomic mass is 16.6. The minimum Gasteiger partial charge on any atom is -0.444 e. The van der Waals surface area contributed by atoms with Gasteiger partial charge in [0.05, 0.1) is 0 Å². The molecular weight excluding hydrogens is 204 g/mol. The quantitative estimate of drug-likeness (QED) is 0.787. The van der Waals surface area contributed by atoms with Gasteiger partial charge >= 0.3 is 6.09 Å². The van der Waals surface area contributed by atoms with E-state index in [1.807, 2.05) is 27.8 Å². The summed E-state index contributed by atoms with van der Waals surface area (Å²) in [6.45, 7) is 11.6. The first-order valence-corrected chi connectivity index (χ1v) is 5.96. The van der Waals surface area contributed by atoms with Crippen LogP contribution in [0.15, 0.2) is 0 Å². The van der Waals surface area contributed by atoms with Crippen molar-refractivity contribution in [2.75, 3.05) is 20.1 Å². The van der Waals surface area contributed by atoms with Crippen LogP contribution in [0, 0.1) is 0 Å². The van der Waals surface area contributed by atoms with Crippen molar-refractivity contribution in [1.29, 1.82) is 0 Å². The number of carbonyl (C=O) groups is 1. The number of nitrogens with zero attached hydrogens (tertiary/aromatic N) is 1. The zero-order valence-corrected chi connectivity index (χ0v) is 11.5. The smallest absolute Gasteiger partial charge is 0.407 e. The van der Waals surface area contributed by atoms with Crippen molar-refractivity contribution in [3.05, 3.63) is 0 Å². The van der Waals surface area contributed by atoms with E-state index < -0.39 is 5.60 Å². The summed E-state index contributed by atoms with van der Waals surface area (Å²) in [5.74, 6) is 0. The predicted molar refractivity (Wildman–Crippen MR) is 66.6 cm³/mol. The zero-order chi connectivity index (χ0) is 12.8. The molecule has 0 aromatic carbocycles. The van der Waals surface area contributed by atoms with Crippen molar-refractivity contribution in [2.45, 2.75) is 52.7 Å². The van der Waals surface area contributed by atoms with Gasteiger partial charge in [0, 0.05) is 12.6 Å². The van der Waals surface area contributed by atoms with Crippen molar-refractivity contribution in [2.24, 2.45) is 0 Å². The molecule has 0 aliphatic heterocycles. The predicted octanol–water partition coefficient (Wildman–Crippen LogP) is 2.24. The lowest BCUT2D eigenvalue weighted by Gasteiger charge is -2.25. The summed E-state index contributed by atoms with van der Waals surface area (Å²) in [4.78, 5) is 13.7. The number of ether oxygens (including phenoxy) is 1. The highest BCUT2D eigenvalue weighted by Gasteiger charge is 2.19. The number of nitrogens with one attached hydrogen (secondary N) is 1. The molecular formula is C12H26N2O2. The molecule has 0 aliphatic carbocycles. The first-order valence-electron chi connectivity index (χ1n) is 5.96. The van der Waals surface area contributed by atoms with Gasteiger partial charge in [-0.05, 0) is 40.8 Å². The van der Waals surface area contributed by atoms with Gasteiger partial charge in [-0.25, -0.2) is 4.79 Å². The van der Waals surface area contributed by atoms with E-state index in [0.29, 0.717) is 0 Å². The standard InChI is InChI=1S/C12H26N2O2/c1-7-10(9-14(6)8-2)13-11(15)16-12(3,4)5/h10H,7-9H2,1-6H3,(H,13,15). The van der Waals surface area contributed by atoms with Gasteiger partial charge < -0.3 is 15.0 Å². The second-order valence-electron chi connectivity index (χ2n) is 5.11. The van der Waals surface area contributed by atoms with Crippen LogP contribution in [0.25, 0.3) is 0 Å². The highest BCUT2D eigenvalue weighted by molar-refractivity contribution is 5.68. The fraction of sp³-hybridized carbons (Fsp3) is 0.917. The van der Waals surface area contributed by atoms with Crippen LogP contribution < -0.4 is 5.32 Å². The monoisotopic (exact) mass is 230 g/mol. The SMILES string of the molecule is CCC(CN(C)CC)NC(=O)OC(C)(C)C. The first kappa shape index (κ1) is 15.2. The Bertz CT molecular complexity index is 212. The Hall–Kier alpha value is -0.770. The van der Waals surface area contributed by atoms with Crippen LogP contribution in [0.1, 0.15) is 41.0 Å². The molecule has 1 atom stereocenters. The van der Waals surface area contributed by atoms with E-state index in [0.717, 1.165) is 19.5 Å². The summed E-state index contributed by atoms with van der Waals surface area (Å²) < 4.78 is 5.22. The highest BCUT2D eigenvalue weighted by Crippen LogP contribution is 2.07. The van der Waals surface area contributed by atoms with Gasteiger partial charge in [-0.3, -0.25) is 0 Å². The third-order valence-electron chi connectivity index (χ3n) is 2.29. The molecule has 0 aromatic rings. The third kappa shape index (κ3) is 7.51. The molecule has 0 fully saturated rings. The molecule has 0 rings (SSSR count). The van der Waals surface area contributed by atoms with Crippen molar-refractivity contribution >= 4 is 6.09 Å². The summed E-state index contributed by atoms with van der Waals surface area (Å²) in [5.41, 5.74) is -0.432. The molecule has 96 valence electrons. The number of hydrogen-bond donors (Lipinski definition) is 1. The van der Waals surface area contributed by atoms with Gasteiger partial charge in [0.25, 0.3) is 0 Å². The van der Waals surface area contributed by atoms with E-state index >= 15 is 0 Å². The molecule has 1 N–H and O–H groups in total. The van der Waals surface area contributed by atoms with E-state index in [1.165, 1.54) is 0 Å². The number of alkyl carbamates (subject to hydrolysis) is 1. The van der Waals surface area contributed by atoms with E-state index in [9.17, 15) is 4.79 Å². The first-order chi connectivity index (χ1) is 7.28. The van der Waals surface area contributed by atoms with Crippen LogP contribution in [-0.2, 0) is 4.74 Å². The average molecular weight is 230 g/mol. The number of rotatable bonds is 5. The fourth-order valence-electron chi connectivity index (χ4n) is 1.26. The second-order valence-corrected chi connectivity index (χ2v) is 5.11. The summed E-state index contributed by atoms with van der Waals surface area (Å²) in [6, 6.07) is 0.153. The van der Waals surface area contributed by atoms with Gasteiger partial charge in [0.15, 0.2) is 0 Å². The zero-order valence-electron chi connectivity index (χ0n) is 11.5. The molecule has 0 aliphatic rings. The molecule has 1 amide bonds. The minimum atomic E-state index is -0.432. The minimum absolute atomic E-state index is 0.153. The Kier molecular flexibility index (Phi) is 6.41. The van der Waals surface area contributed by atoms with Crippen molar-refractivity contribution < 1.29 is 9.53 Å². The van der Waals surface area contributed by atoms with Crippen LogP contribution in [0.3, 0.4) is 0 Å². The maximum absolute atomic E-state index is 11.5. The Balaban J connectivity index is 4.07. The molecule has 0 bridgehead atoms. The van der Waals surface area contributed by atoms with Gasteiger partial charge in [-0.2, -0.15) is 0 Å². The molecule has 0 radical (unpaired) electrons. The molecule has 0 saturated heterocycles. The van der Waals surface area contributed by atoms with E-state index in [-0.39, 0.29) is 12.1 Å². The molecule has 1 unspecified atom stereocenters. The van der Waals surface area contributed by atoms with Crippen molar-refractivity contribution in [3.8, 4) is 0 Å². The van der Waals surface area contributed by atoms with Crippen LogP contribution in [-0.4, -0.2) is 42.8 Å². The van der Waals surface area contributed by atoms with Gasteiger partial charge in [0.2, 0.25) is 0 Å². The number of hydrogen-bond acceptors (Lipinski definition) is 3. The van der Waals surface area contributed by atoms with Crippen LogP contribution >= 0.6 is 0 Å². The summed E-state index contributed by atoms with van der Waals surface area (Å²) in [6.07, 6.45) is 0.577. The van der Waals surface area contributed by atoms with E-state index in [4.69, 9.17) is 4.74 Å². The van der Waals surface area contributed by atoms with Crippen molar-refractivity contribution in [3.63, 3.8) is 0 Å². The summed E-state index contributed by atoms with van der Waals surface area (Å²) in [7, 11) is 2.04. The Labute approximate surface area is 99.3 Å². The van der Waals surface area contributed by atoms with Gasteiger partial charge in [-0.15, -0.1) is 0 Å². The maximum Gasteiger partial charge on any atom is 0.407 e. The van der Waals surface area contributed by atoms with Gasteiger partial charge in [0.1, 0.15) is 5.60 Å². The number of likely N-dealkylation sites (N-methyl/N-ethyl adjacent to an activating group) is 1. The summed E-state index contributed by atoms with van der Waals surface area (Å²) >= 11 is 0. The van der Waals surface area contributed by atoms with Gasteiger partial charge in [-0.1, -0.05) is 13.8 Å². The molecule has 4 nitrogen and oxygen atoms in total. The largest absolute Gasteiger partial charge is 0.444 e. The Morgan fingerprint density at radius 3 is 2.31 bits per heavy atom. The second kappa shape index (κ2) is 6.74. The number of carbonyl (C=O) groups excluding carboxylic acids is 1. The van der Waals surface area contributed by atoms with E-state index in [1.54, 1.807) is 0 Å². The lowest BCUT2D eigenvalue weighted by Crippen LogP contribution is -2.44. The molecule has 16 heavy (non-hydrogen) atoms. The van der Waals surface area contributed by atoms with Crippen LogP contribution in [0.4, 0.5) is 4.79 Å². The number of amides is 1. The summed E-state index contributed by atoms with van der Waals surface area (Å²) in [5, 5.41) is 2.89. The average Bonchev–Trinajstić information content (AvgIpc) is 2.13.